The molecule has 21 heavy (non-hydrogen) atoms. The first-order valence-electron chi connectivity index (χ1n) is 7.22. The van der Waals surface area contributed by atoms with Crippen LogP contribution in [0.25, 0.3) is 0 Å². The maximum Gasteiger partial charge on any atom is 0.251 e. The van der Waals surface area contributed by atoms with Gasteiger partial charge in [-0.15, -0.1) is 0 Å². The zero-order chi connectivity index (χ0) is 15.7. The Morgan fingerprint density at radius 1 is 1.10 bits per heavy atom. The van der Waals surface area contributed by atoms with Gasteiger partial charge in [-0.25, -0.2) is 0 Å². The maximum atomic E-state index is 11.9. The van der Waals surface area contributed by atoms with Crippen LogP contribution in [0.1, 0.15) is 36.0 Å². The summed E-state index contributed by atoms with van der Waals surface area (Å²) in [6.45, 7) is 0.223. The van der Waals surface area contributed by atoms with E-state index in [0.29, 0.717) is 18.5 Å². The van der Waals surface area contributed by atoms with E-state index in [9.17, 15) is 9.59 Å². The molecule has 1 amide bonds. The Morgan fingerprint density at radius 3 is 2.33 bits per heavy atom. The quantitative estimate of drug-likeness (QED) is 0.678. The zero-order valence-corrected chi connectivity index (χ0v) is 12.8. The van der Waals surface area contributed by atoms with Crippen molar-refractivity contribution in [2.24, 2.45) is 0 Å². The lowest BCUT2D eigenvalue weighted by atomic mass is 10.1. The Morgan fingerprint density at radius 2 is 1.76 bits per heavy atom. The molecule has 0 heterocycles. The van der Waals surface area contributed by atoms with Crippen LogP contribution in [0.4, 0.5) is 5.69 Å². The molecule has 0 unspecified atom stereocenters. The molecule has 0 spiro atoms. The molecular formula is C16H24N2O3. The van der Waals surface area contributed by atoms with Crippen LogP contribution in [-0.2, 0) is 4.79 Å². The summed E-state index contributed by atoms with van der Waals surface area (Å²) in [5, 5.41) is 11.4. The van der Waals surface area contributed by atoms with Crippen molar-refractivity contribution in [1.82, 2.24) is 5.32 Å². The number of anilines is 1. The van der Waals surface area contributed by atoms with Crippen molar-refractivity contribution < 1.29 is 14.7 Å². The minimum Gasteiger partial charge on any atom is -0.389 e. The first-order chi connectivity index (χ1) is 10.0. The fourth-order valence-electron chi connectivity index (χ4n) is 1.92. The van der Waals surface area contributed by atoms with E-state index in [0.717, 1.165) is 24.9 Å². The molecular weight excluding hydrogens is 268 g/mol. The molecule has 0 fully saturated rings. The van der Waals surface area contributed by atoms with Crippen LogP contribution >= 0.6 is 0 Å². The number of hydrogen-bond donors (Lipinski definition) is 2. The van der Waals surface area contributed by atoms with Gasteiger partial charge in [0.25, 0.3) is 5.91 Å². The topological polar surface area (TPSA) is 69.6 Å². The van der Waals surface area contributed by atoms with Crippen molar-refractivity contribution >= 4 is 17.4 Å². The molecule has 0 aliphatic rings. The van der Waals surface area contributed by atoms with Gasteiger partial charge in [0.1, 0.15) is 6.61 Å². The smallest absolute Gasteiger partial charge is 0.251 e. The van der Waals surface area contributed by atoms with Gasteiger partial charge in [-0.2, -0.15) is 0 Å². The molecule has 0 atom stereocenters. The largest absolute Gasteiger partial charge is 0.389 e. The maximum absolute atomic E-state index is 11.9. The van der Waals surface area contributed by atoms with Crippen molar-refractivity contribution in [3.63, 3.8) is 0 Å². The average Bonchev–Trinajstić information content (AvgIpc) is 2.50. The molecule has 1 aromatic carbocycles. The summed E-state index contributed by atoms with van der Waals surface area (Å²) >= 11 is 0. The summed E-state index contributed by atoms with van der Waals surface area (Å²) < 4.78 is 0. The van der Waals surface area contributed by atoms with Crippen molar-refractivity contribution in [3.8, 4) is 0 Å². The van der Waals surface area contributed by atoms with Gasteiger partial charge >= 0.3 is 0 Å². The molecule has 1 aromatic rings. The number of benzene rings is 1. The molecule has 0 saturated heterocycles. The van der Waals surface area contributed by atoms with E-state index in [-0.39, 0.29) is 18.3 Å². The van der Waals surface area contributed by atoms with Crippen LogP contribution in [0.15, 0.2) is 24.3 Å². The third-order valence-corrected chi connectivity index (χ3v) is 3.24. The highest BCUT2D eigenvalue weighted by molar-refractivity contribution is 5.94. The molecule has 0 saturated carbocycles. The van der Waals surface area contributed by atoms with Crippen LogP contribution < -0.4 is 10.2 Å². The van der Waals surface area contributed by atoms with Crippen LogP contribution in [0.2, 0.25) is 0 Å². The van der Waals surface area contributed by atoms with Crippen molar-refractivity contribution in [1.29, 1.82) is 0 Å². The van der Waals surface area contributed by atoms with E-state index in [1.165, 1.54) is 0 Å². The number of nitrogens with zero attached hydrogens (tertiary/aromatic N) is 1. The predicted molar refractivity (Wildman–Crippen MR) is 83.7 cm³/mol. The summed E-state index contributed by atoms with van der Waals surface area (Å²) in [5.41, 5.74) is 1.70. The Kier molecular flexibility index (Phi) is 7.46. The highest BCUT2D eigenvalue weighted by atomic mass is 16.3. The molecule has 1 rings (SSSR count). The van der Waals surface area contributed by atoms with Gasteiger partial charge in [0.2, 0.25) is 0 Å². The number of Topliss-reactive ketones (excluding diaryl/α,β-unsaturated/α-hetero) is 1. The van der Waals surface area contributed by atoms with Gasteiger partial charge < -0.3 is 15.3 Å². The Bertz CT molecular complexity index is 455. The van der Waals surface area contributed by atoms with E-state index in [4.69, 9.17) is 5.11 Å². The first kappa shape index (κ1) is 17.2. The number of hydrogen-bond acceptors (Lipinski definition) is 4. The molecule has 0 radical (unpaired) electrons. The van der Waals surface area contributed by atoms with Gasteiger partial charge in [-0.3, -0.25) is 9.59 Å². The van der Waals surface area contributed by atoms with Crippen molar-refractivity contribution in [2.45, 2.75) is 25.7 Å². The number of rotatable bonds is 9. The minimum atomic E-state index is -0.375. The lowest BCUT2D eigenvalue weighted by Crippen LogP contribution is -2.24. The standard InChI is InChI=1S/C16H24N2O3/c1-18(2)14-9-7-13(8-10-14)16(21)17-11-5-3-4-6-15(20)12-19/h7-10,19H,3-6,11-12H2,1-2H3,(H,17,21). The van der Waals surface area contributed by atoms with Gasteiger partial charge in [0, 0.05) is 38.3 Å². The normalized spacial score (nSPS) is 10.2. The highest BCUT2D eigenvalue weighted by Crippen LogP contribution is 2.12. The van der Waals surface area contributed by atoms with E-state index in [1.54, 1.807) is 0 Å². The SMILES string of the molecule is CN(C)c1ccc(C(=O)NCCCCCC(=O)CO)cc1. The van der Waals surface area contributed by atoms with E-state index < -0.39 is 0 Å². The lowest BCUT2D eigenvalue weighted by molar-refractivity contribution is -0.121. The summed E-state index contributed by atoms with van der Waals surface area (Å²) in [6.07, 6.45) is 2.87. The average molecular weight is 292 g/mol. The van der Waals surface area contributed by atoms with Gasteiger partial charge in [0.05, 0.1) is 0 Å². The number of ketones is 1. The molecule has 0 aliphatic carbocycles. The van der Waals surface area contributed by atoms with Gasteiger partial charge in [-0.05, 0) is 37.1 Å². The zero-order valence-electron chi connectivity index (χ0n) is 12.8. The Hall–Kier alpha value is -1.88. The summed E-state index contributed by atoms with van der Waals surface area (Å²) in [7, 11) is 3.91. The highest BCUT2D eigenvalue weighted by Gasteiger charge is 2.05. The molecule has 0 bridgehead atoms. The molecule has 5 nitrogen and oxygen atoms in total. The first-order valence-corrected chi connectivity index (χ1v) is 7.22. The number of carbonyl (C=O) groups is 2. The van der Waals surface area contributed by atoms with Crippen LogP contribution in [0.5, 0.6) is 0 Å². The molecule has 116 valence electrons. The lowest BCUT2D eigenvalue weighted by Gasteiger charge is -2.12. The Balaban J connectivity index is 2.23. The molecule has 2 N–H and O–H groups in total. The predicted octanol–water partition coefficient (Wildman–Crippen LogP) is 1.60. The van der Waals surface area contributed by atoms with Crippen LogP contribution in [-0.4, -0.2) is 44.0 Å². The van der Waals surface area contributed by atoms with Crippen LogP contribution in [0, 0.1) is 0 Å². The molecule has 5 heteroatoms. The second-order valence-corrected chi connectivity index (χ2v) is 5.20. The number of aliphatic hydroxyl groups excluding tert-OH is 1. The number of unbranched alkanes of at least 4 members (excludes halogenated alkanes) is 2. The number of amides is 1. The molecule has 0 aromatic heterocycles. The summed E-state index contributed by atoms with van der Waals surface area (Å²) in [4.78, 5) is 24.8. The van der Waals surface area contributed by atoms with Crippen molar-refractivity contribution in [3.05, 3.63) is 29.8 Å². The van der Waals surface area contributed by atoms with E-state index in [2.05, 4.69) is 5.32 Å². The summed E-state index contributed by atoms with van der Waals surface area (Å²) in [6, 6.07) is 7.44. The second-order valence-electron chi connectivity index (χ2n) is 5.20. The summed E-state index contributed by atoms with van der Waals surface area (Å²) in [5.74, 6) is -0.202. The fraction of sp³-hybridized carbons (Fsp3) is 0.500. The number of aliphatic hydroxyl groups is 1. The third kappa shape index (κ3) is 6.40. The Labute approximate surface area is 126 Å². The second kappa shape index (κ2) is 9.13. The van der Waals surface area contributed by atoms with Gasteiger partial charge in [0.15, 0.2) is 5.78 Å². The van der Waals surface area contributed by atoms with Crippen LogP contribution in [0.3, 0.4) is 0 Å². The van der Waals surface area contributed by atoms with Crippen molar-refractivity contribution in [2.75, 3.05) is 32.1 Å². The number of nitrogens with one attached hydrogen (secondary N) is 1. The number of carbonyl (C=O) groups excluding carboxylic acids is 2. The fourth-order valence-corrected chi connectivity index (χ4v) is 1.92. The molecule has 0 aliphatic heterocycles. The van der Waals surface area contributed by atoms with E-state index in [1.807, 2.05) is 43.3 Å². The third-order valence-electron chi connectivity index (χ3n) is 3.24. The van der Waals surface area contributed by atoms with Gasteiger partial charge in [-0.1, -0.05) is 6.42 Å². The minimum absolute atomic E-state index is 0.0771. The van der Waals surface area contributed by atoms with E-state index >= 15 is 0 Å². The monoisotopic (exact) mass is 292 g/mol.